The van der Waals surface area contributed by atoms with Crippen LogP contribution in [0.15, 0.2) is 47.3 Å². The lowest BCUT2D eigenvalue weighted by Gasteiger charge is -2.15. The first-order valence-electron chi connectivity index (χ1n) is 10.3. The molecule has 33 heavy (non-hydrogen) atoms. The highest BCUT2D eigenvalue weighted by molar-refractivity contribution is 6.17. The van der Waals surface area contributed by atoms with Gasteiger partial charge in [0.05, 0.1) is 36.9 Å². The van der Waals surface area contributed by atoms with E-state index in [9.17, 15) is 14.4 Å². The van der Waals surface area contributed by atoms with Crippen molar-refractivity contribution in [3.05, 3.63) is 64.2 Å². The summed E-state index contributed by atoms with van der Waals surface area (Å²) in [7, 11) is 1.30. The summed E-state index contributed by atoms with van der Waals surface area (Å²) >= 11 is 0. The molecule has 170 valence electrons. The molecule has 0 aliphatic carbocycles. The Morgan fingerprint density at radius 1 is 1.03 bits per heavy atom. The SMILES string of the molecule is CCOC(=O)c1c(-c2cccc(OC)c2F)c2c([nH]c1=O)c1ccccc1n2C(=O)OCC. The Balaban J connectivity index is 2.28. The van der Waals surface area contributed by atoms with Crippen LogP contribution in [0.5, 0.6) is 5.75 Å². The molecule has 0 saturated heterocycles. The van der Waals surface area contributed by atoms with Gasteiger partial charge in [0.25, 0.3) is 5.56 Å². The van der Waals surface area contributed by atoms with Crippen LogP contribution in [0.4, 0.5) is 9.18 Å². The molecule has 0 aliphatic heterocycles. The quantitative estimate of drug-likeness (QED) is 0.448. The third kappa shape index (κ3) is 3.51. The first-order valence-corrected chi connectivity index (χ1v) is 10.3. The zero-order chi connectivity index (χ0) is 23.7. The highest BCUT2D eigenvalue weighted by atomic mass is 19.1. The second-order valence-electron chi connectivity index (χ2n) is 7.02. The predicted octanol–water partition coefficient (Wildman–Crippen LogP) is 4.48. The van der Waals surface area contributed by atoms with Gasteiger partial charge in [-0.3, -0.25) is 4.79 Å². The number of methoxy groups -OCH3 is 1. The van der Waals surface area contributed by atoms with E-state index >= 15 is 4.39 Å². The van der Waals surface area contributed by atoms with Gasteiger partial charge in [-0.1, -0.05) is 30.3 Å². The van der Waals surface area contributed by atoms with Crippen LogP contribution in [0.25, 0.3) is 33.1 Å². The van der Waals surface area contributed by atoms with Crippen molar-refractivity contribution in [2.24, 2.45) is 0 Å². The fraction of sp³-hybridized carbons (Fsp3) is 0.208. The lowest BCUT2D eigenvalue weighted by molar-refractivity contribution is 0.0525. The Hall–Kier alpha value is -4.14. The van der Waals surface area contributed by atoms with E-state index in [4.69, 9.17) is 14.2 Å². The Labute approximate surface area is 187 Å². The average Bonchev–Trinajstić information content (AvgIpc) is 3.13. The number of nitrogens with one attached hydrogen (secondary N) is 1. The zero-order valence-corrected chi connectivity index (χ0v) is 18.2. The van der Waals surface area contributed by atoms with Crippen molar-refractivity contribution in [1.82, 2.24) is 9.55 Å². The van der Waals surface area contributed by atoms with Crippen LogP contribution < -0.4 is 10.3 Å². The van der Waals surface area contributed by atoms with E-state index in [2.05, 4.69) is 4.98 Å². The summed E-state index contributed by atoms with van der Waals surface area (Å²) in [6.45, 7) is 3.33. The summed E-state index contributed by atoms with van der Waals surface area (Å²) in [6, 6.07) is 11.2. The van der Waals surface area contributed by atoms with E-state index in [0.29, 0.717) is 10.9 Å². The fourth-order valence-corrected chi connectivity index (χ4v) is 3.91. The van der Waals surface area contributed by atoms with Crippen molar-refractivity contribution in [3.8, 4) is 16.9 Å². The van der Waals surface area contributed by atoms with Gasteiger partial charge >= 0.3 is 12.1 Å². The maximum Gasteiger partial charge on any atom is 0.419 e. The van der Waals surface area contributed by atoms with Crippen molar-refractivity contribution in [1.29, 1.82) is 0 Å². The number of H-pyrrole nitrogens is 1. The first-order chi connectivity index (χ1) is 15.9. The molecule has 4 aromatic rings. The third-order valence-corrected chi connectivity index (χ3v) is 5.21. The van der Waals surface area contributed by atoms with Crippen LogP contribution in [-0.4, -0.2) is 41.9 Å². The minimum absolute atomic E-state index is 0.00277. The van der Waals surface area contributed by atoms with Crippen molar-refractivity contribution >= 4 is 34.0 Å². The first kappa shape index (κ1) is 22.1. The van der Waals surface area contributed by atoms with Gasteiger partial charge < -0.3 is 19.2 Å². The number of carbonyl (C=O) groups is 2. The van der Waals surface area contributed by atoms with Crippen LogP contribution in [0.2, 0.25) is 0 Å². The monoisotopic (exact) mass is 452 g/mol. The molecule has 0 aliphatic rings. The number of para-hydroxylation sites is 1. The minimum Gasteiger partial charge on any atom is -0.494 e. The van der Waals surface area contributed by atoms with E-state index < -0.39 is 29.0 Å². The molecule has 1 N–H and O–H groups in total. The fourth-order valence-electron chi connectivity index (χ4n) is 3.91. The van der Waals surface area contributed by atoms with Crippen molar-refractivity contribution in [3.63, 3.8) is 0 Å². The molecule has 0 spiro atoms. The molecule has 0 radical (unpaired) electrons. The van der Waals surface area contributed by atoms with Crippen molar-refractivity contribution in [2.45, 2.75) is 13.8 Å². The van der Waals surface area contributed by atoms with Crippen LogP contribution in [-0.2, 0) is 9.47 Å². The average molecular weight is 452 g/mol. The van der Waals surface area contributed by atoms with Crippen LogP contribution in [0.3, 0.4) is 0 Å². The van der Waals surface area contributed by atoms with Gasteiger partial charge in [0.15, 0.2) is 11.6 Å². The largest absolute Gasteiger partial charge is 0.494 e. The number of rotatable bonds is 5. The smallest absolute Gasteiger partial charge is 0.419 e. The van der Waals surface area contributed by atoms with E-state index in [1.165, 1.54) is 29.9 Å². The maximum atomic E-state index is 15.5. The molecule has 2 heterocycles. The van der Waals surface area contributed by atoms with Crippen molar-refractivity contribution < 1.29 is 28.2 Å². The molecule has 0 bridgehead atoms. The molecule has 2 aromatic heterocycles. The Kier molecular flexibility index (Phi) is 5.87. The number of aromatic nitrogens is 2. The normalized spacial score (nSPS) is 11.0. The van der Waals surface area contributed by atoms with Gasteiger partial charge in [-0.2, -0.15) is 0 Å². The summed E-state index contributed by atoms with van der Waals surface area (Å²) in [5.41, 5.74) is -0.588. The topological polar surface area (TPSA) is 99.6 Å². The Bertz CT molecular complexity index is 1450. The lowest BCUT2D eigenvalue weighted by Crippen LogP contribution is -2.23. The third-order valence-electron chi connectivity index (χ3n) is 5.21. The highest BCUT2D eigenvalue weighted by Crippen LogP contribution is 2.39. The molecule has 2 aromatic carbocycles. The van der Waals surface area contributed by atoms with Crippen LogP contribution >= 0.6 is 0 Å². The van der Waals surface area contributed by atoms with E-state index in [0.717, 1.165) is 0 Å². The molecule has 4 rings (SSSR count). The number of pyridine rings is 1. The summed E-state index contributed by atoms with van der Waals surface area (Å²) in [5.74, 6) is -1.83. The zero-order valence-electron chi connectivity index (χ0n) is 18.2. The molecule has 0 atom stereocenters. The van der Waals surface area contributed by atoms with Gasteiger partial charge in [-0.25, -0.2) is 18.5 Å². The number of halogens is 1. The molecule has 0 unspecified atom stereocenters. The number of nitrogens with zero attached hydrogens (tertiary/aromatic N) is 1. The van der Waals surface area contributed by atoms with Crippen LogP contribution in [0, 0.1) is 5.82 Å². The number of ether oxygens (including phenoxy) is 3. The number of esters is 1. The van der Waals surface area contributed by atoms with Gasteiger partial charge in [-0.05, 0) is 26.0 Å². The number of fused-ring (bicyclic) bond motifs is 3. The number of benzene rings is 2. The number of aromatic amines is 1. The van der Waals surface area contributed by atoms with E-state index in [-0.39, 0.29) is 41.1 Å². The van der Waals surface area contributed by atoms with Gasteiger partial charge in [0.1, 0.15) is 5.56 Å². The number of hydrogen-bond acceptors (Lipinski definition) is 6. The molecule has 9 heteroatoms. The van der Waals surface area contributed by atoms with Crippen LogP contribution in [0.1, 0.15) is 24.2 Å². The number of hydrogen-bond donors (Lipinski definition) is 1. The second-order valence-corrected chi connectivity index (χ2v) is 7.02. The maximum absolute atomic E-state index is 15.5. The molecular weight excluding hydrogens is 431 g/mol. The molecular formula is C24H21FN2O6. The van der Waals surface area contributed by atoms with Crippen molar-refractivity contribution in [2.75, 3.05) is 20.3 Å². The lowest BCUT2D eigenvalue weighted by atomic mass is 9.98. The summed E-state index contributed by atoms with van der Waals surface area (Å²) < 4.78 is 32.1. The van der Waals surface area contributed by atoms with Gasteiger partial charge in [0.2, 0.25) is 0 Å². The highest BCUT2D eigenvalue weighted by Gasteiger charge is 2.30. The summed E-state index contributed by atoms with van der Waals surface area (Å²) in [5, 5.41) is 0.526. The van der Waals surface area contributed by atoms with E-state index in [1.807, 2.05) is 0 Å². The Morgan fingerprint density at radius 2 is 1.76 bits per heavy atom. The minimum atomic E-state index is -0.946. The Morgan fingerprint density at radius 3 is 2.45 bits per heavy atom. The predicted molar refractivity (Wildman–Crippen MR) is 120 cm³/mol. The molecule has 8 nitrogen and oxygen atoms in total. The number of carbonyl (C=O) groups excluding carboxylic acids is 2. The second kappa shape index (κ2) is 8.78. The molecule has 0 fully saturated rings. The molecule has 0 saturated carbocycles. The standard InChI is InChI=1S/C24H21FN2O6/c1-4-32-23(29)18-17(14-10-8-12-16(31-3)19(14)25)21-20(26-22(18)28)13-9-6-7-11-15(13)27(21)24(30)33-5-2/h6-12H,4-5H2,1-3H3,(H,26,28). The van der Waals surface area contributed by atoms with Gasteiger partial charge in [0, 0.05) is 16.5 Å². The summed E-state index contributed by atoms with van der Waals surface area (Å²) in [6.07, 6.45) is -0.741. The molecule has 0 amide bonds. The van der Waals surface area contributed by atoms with Gasteiger partial charge in [-0.15, -0.1) is 0 Å². The van der Waals surface area contributed by atoms with E-state index in [1.54, 1.807) is 38.1 Å². The summed E-state index contributed by atoms with van der Waals surface area (Å²) in [4.78, 5) is 41.7.